The number of nitrogens with zero attached hydrogens (tertiary/aromatic N) is 2. The van der Waals surface area contributed by atoms with Crippen molar-refractivity contribution < 1.29 is 0 Å². The normalized spacial score (nSPS) is 13.6. The maximum Gasteiger partial charge on any atom is 0.0516 e. The lowest BCUT2D eigenvalue weighted by atomic mass is 10.0. The molecule has 2 heteroatoms. The first-order chi connectivity index (χ1) is 7.65. The molecule has 0 saturated carbocycles. The molecule has 16 heavy (non-hydrogen) atoms. The van der Waals surface area contributed by atoms with Crippen molar-refractivity contribution in [1.29, 1.82) is 0 Å². The minimum atomic E-state index is 0.504. The molecule has 1 unspecified atom stereocenters. The third kappa shape index (κ3) is 1.73. The van der Waals surface area contributed by atoms with Gasteiger partial charge in [-0.25, -0.2) is 0 Å². The van der Waals surface area contributed by atoms with Gasteiger partial charge in [0.05, 0.1) is 5.52 Å². The van der Waals surface area contributed by atoms with E-state index in [9.17, 15) is 0 Å². The zero-order valence-corrected chi connectivity index (χ0v) is 10.6. The molecule has 2 aromatic heterocycles. The summed E-state index contributed by atoms with van der Waals surface area (Å²) in [4.78, 5) is 4.20. The molecule has 2 aromatic rings. The maximum atomic E-state index is 4.20. The van der Waals surface area contributed by atoms with Crippen LogP contribution in [0.2, 0.25) is 0 Å². The van der Waals surface area contributed by atoms with E-state index in [0.717, 1.165) is 0 Å². The maximum absolute atomic E-state index is 4.20. The molecule has 0 saturated heterocycles. The molecular weight excluding hydrogens is 196 g/mol. The van der Waals surface area contributed by atoms with Gasteiger partial charge in [0.15, 0.2) is 0 Å². The molecule has 0 radical (unpaired) electrons. The van der Waals surface area contributed by atoms with Crippen LogP contribution in [0.1, 0.15) is 51.8 Å². The largest absolute Gasteiger partial charge is 0.342 e. The first-order valence-electron chi connectivity index (χ1n) is 6.10. The van der Waals surface area contributed by atoms with Crippen LogP contribution < -0.4 is 0 Å². The molecule has 0 aliphatic carbocycles. The fourth-order valence-electron chi connectivity index (χ4n) is 2.26. The third-order valence-corrected chi connectivity index (χ3v) is 3.30. The van der Waals surface area contributed by atoms with Crippen LogP contribution in [0, 0.1) is 0 Å². The molecule has 0 aliphatic rings. The predicted octanol–water partition coefficient (Wildman–Crippen LogP) is 4.13. The van der Waals surface area contributed by atoms with Gasteiger partial charge < -0.3 is 4.57 Å². The highest BCUT2D eigenvalue weighted by molar-refractivity contribution is 5.80. The van der Waals surface area contributed by atoms with Crippen molar-refractivity contribution in [2.45, 2.75) is 46.1 Å². The van der Waals surface area contributed by atoms with Gasteiger partial charge in [0, 0.05) is 29.5 Å². The summed E-state index contributed by atoms with van der Waals surface area (Å²) in [6.45, 7) is 9.02. The number of pyridine rings is 1. The van der Waals surface area contributed by atoms with Gasteiger partial charge in [-0.15, -0.1) is 0 Å². The highest BCUT2D eigenvalue weighted by Crippen LogP contribution is 2.29. The van der Waals surface area contributed by atoms with Crippen LogP contribution in [0.3, 0.4) is 0 Å². The van der Waals surface area contributed by atoms with Crippen molar-refractivity contribution >= 4 is 10.9 Å². The molecule has 2 heterocycles. The van der Waals surface area contributed by atoms with Crippen LogP contribution >= 0.6 is 0 Å². The van der Waals surface area contributed by atoms with Gasteiger partial charge in [-0.05, 0) is 38.3 Å². The summed E-state index contributed by atoms with van der Waals surface area (Å²) in [7, 11) is 0. The van der Waals surface area contributed by atoms with Gasteiger partial charge in [-0.2, -0.15) is 0 Å². The van der Waals surface area contributed by atoms with E-state index in [0.29, 0.717) is 12.0 Å². The van der Waals surface area contributed by atoms with Crippen LogP contribution in [0.5, 0.6) is 0 Å². The Labute approximate surface area is 97.3 Å². The highest BCUT2D eigenvalue weighted by Gasteiger charge is 2.15. The molecular formula is C14H20N2. The van der Waals surface area contributed by atoms with Crippen molar-refractivity contribution in [3.63, 3.8) is 0 Å². The van der Waals surface area contributed by atoms with Crippen molar-refractivity contribution in [2.75, 3.05) is 0 Å². The van der Waals surface area contributed by atoms with Crippen LogP contribution in [0.4, 0.5) is 0 Å². The average Bonchev–Trinajstić information content (AvgIpc) is 2.67. The minimum Gasteiger partial charge on any atom is -0.342 e. The first kappa shape index (κ1) is 11.2. The standard InChI is InChI=1S/C14H20N2/c1-5-11(4)14-8-12-9-15-7-6-13(12)16(14)10(2)3/h6-11H,5H2,1-4H3. The van der Waals surface area contributed by atoms with Gasteiger partial charge in [-0.3, -0.25) is 4.98 Å². The molecule has 86 valence electrons. The van der Waals surface area contributed by atoms with Gasteiger partial charge in [0.2, 0.25) is 0 Å². The van der Waals surface area contributed by atoms with Crippen LogP contribution in [-0.2, 0) is 0 Å². The van der Waals surface area contributed by atoms with E-state index < -0.39 is 0 Å². The zero-order valence-electron chi connectivity index (χ0n) is 10.6. The van der Waals surface area contributed by atoms with Gasteiger partial charge in [0.25, 0.3) is 0 Å². The SMILES string of the molecule is CCC(C)c1cc2cnccc2n1C(C)C. The van der Waals surface area contributed by atoms with Crippen molar-refractivity contribution in [2.24, 2.45) is 0 Å². The summed E-state index contributed by atoms with van der Waals surface area (Å²) in [6.07, 6.45) is 5.01. The highest BCUT2D eigenvalue weighted by atomic mass is 15.0. The number of fused-ring (bicyclic) bond motifs is 1. The lowest BCUT2D eigenvalue weighted by Crippen LogP contribution is -2.07. The van der Waals surface area contributed by atoms with E-state index in [1.54, 1.807) is 0 Å². The fraction of sp³-hybridized carbons (Fsp3) is 0.500. The number of rotatable bonds is 3. The average molecular weight is 216 g/mol. The van der Waals surface area contributed by atoms with Crippen molar-refractivity contribution in [3.8, 4) is 0 Å². The van der Waals surface area contributed by atoms with E-state index >= 15 is 0 Å². The molecule has 0 spiro atoms. The van der Waals surface area contributed by atoms with E-state index in [1.165, 1.54) is 23.0 Å². The Hall–Kier alpha value is -1.31. The van der Waals surface area contributed by atoms with Crippen LogP contribution in [0.15, 0.2) is 24.5 Å². The number of hydrogen-bond acceptors (Lipinski definition) is 1. The van der Waals surface area contributed by atoms with E-state index in [1.807, 2.05) is 12.4 Å². The summed E-state index contributed by atoms with van der Waals surface area (Å²) >= 11 is 0. The quantitative estimate of drug-likeness (QED) is 0.754. The summed E-state index contributed by atoms with van der Waals surface area (Å²) in [5.41, 5.74) is 2.74. The molecule has 0 amide bonds. The van der Waals surface area contributed by atoms with Gasteiger partial charge >= 0.3 is 0 Å². The molecule has 2 nitrogen and oxygen atoms in total. The summed E-state index contributed by atoms with van der Waals surface area (Å²) < 4.78 is 2.44. The molecule has 2 rings (SSSR count). The Kier molecular flexibility index (Phi) is 2.99. The van der Waals surface area contributed by atoms with E-state index in [-0.39, 0.29) is 0 Å². The van der Waals surface area contributed by atoms with Gasteiger partial charge in [-0.1, -0.05) is 13.8 Å². The summed E-state index contributed by atoms with van der Waals surface area (Å²) in [5, 5.41) is 1.26. The third-order valence-electron chi connectivity index (χ3n) is 3.30. The lowest BCUT2D eigenvalue weighted by molar-refractivity contribution is 0.559. The Morgan fingerprint density at radius 3 is 2.69 bits per heavy atom. The molecule has 0 bridgehead atoms. The summed E-state index contributed by atoms with van der Waals surface area (Å²) in [5.74, 6) is 0.606. The molecule has 0 N–H and O–H groups in total. The Morgan fingerprint density at radius 2 is 2.06 bits per heavy atom. The molecule has 1 atom stereocenters. The van der Waals surface area contributed by atoms with E-state index in [4.69, 9.17) is 0 Å². The minimum absolute atomic E-state index is 0.504. The zero-order chi connectivity index (χ0) is 11.7. The first-order valence-corrected chi connectivity index (χ1v) is 6.10. The number of hydrogen-bond donors (Lipinski definition) is 0. The van der Waals surface area contributed by atoms with Crippen molar-refractivity contribution in [3.05, 3.63) is 30.2 Å². The second kappa shape index (κ2) is 4.28. The van der Waals surface area contributed by atoms with E-state index in [2.05, 4.69) is 49.4 Å². The van der Waals surface area contributed by atoms with Crippen LogP contribution in [0.25, 0.3) is 10.9 Å². The molecule has 0 fully saturated rings. The van der Waals surface area contributed by atoms with Gasteiger partial charge in [0.1, 0.15) is 0 Å². The Bertz CT molecular complexity index is 482. The predicted molar refractivity (Wildman–Crippen MR) is 68.8 cm³/mol. The van der Waals surface area contributed by atoms with Crippen LogP contribution in [-0.4, -0.2) is 9.55 Å². The molecule has 0 aliphatic heterocycles. The van der Waals surface area contributed by atoms with Crippen molar-refractivity contribution in [1.82, 2.24) is 9.55 Å². The Morgan fingerprint density at radius 1 is 1.31 bits per heavy atom. The second-order valence-corrected chi connectivity index (χ2v) is 4.78. The lowest BCUT2D eigenvalue weighted by Gasteiger charge is -2.18. The second-order valence-electron chi connectivity index (χ2n) is 4.78. The fourth-order valence-corrected chi connectivity index (χ4v) is 2.26. The smallest absolute Gasteiger partial charge is 0.0516 e. The molecule has 0 aromatic carbocycles. The topological polar surface area (TPSA) is 17.8 Å². The Balaban J connectivity index is 2.68. The summed E-state index contributed by atoms with van der Waals surface area (Å²) in [6, 6.07) is 4.90. The number of aromatic nitrogens is 2. The monoisotopic (exact) mass is 216 g/mol.